The van der Waals surface area contributed by atoms with Crippen LogP contribution in [0.4, 0.5) is 0 Å². The Morgan fingerprint density at radius 3 is 2.65 bits per heavy atom. The van der Waals surface area contributed by atoms with Crippen LogP contribution in [0, 0.1) is 0 Å². The molecule has 6 heteroatoms. The zero-order valence-electron chi connectivity index (χ0n) is 12.1. The molecule has 1 rings (SSSR count). The van der Waals surface area contributed by atoms with Gasteiger partial charge in [-0.2, -0.15) is 0 Å². The molecule has 1 unspecified atom stereocenters. The maximum atomic E-state index is 5.85. The van der Waals surface area contributed by atoms with Crippen molar-refractivity contribution in [2.24, 2.45) is 4.99 Å². The van der Waals surface area contributed by atoms with Gasteiger partial charge in [-0.05, 0) is 41.4 Å². The molecule has 0 aliphatic rings. The fraction of sp³-hybridized carbons (Fsp3) is 0.500. The van der Waals surface area contributed by atoms with Crippen LogP contribution in [0.2, 0.25) is 0 Å². The van der Waals surface area contributed by atoms with E-state index in [1.165, 1.54) is 0 Å². The summed E-state index contributed by atoms with van der Waals surface area (Å²) in [4.78, 5) is 4.15. The highest BCUT2D eigenvalue weighted by atomic mass is 127. The van der Waals surface area contributed by atoms with Crippen LogP contribution in [0.1, 0.15) is 20.3 Å². The van der Waals surface area contributed by atoms with Crippen LogP contribution in [0.3, 0.4) is 0 Å². The highest BCUT2D eigenvalue weighted by molar-refractivity contribution is 14.0. The Bertz CT molecular complexity index is 415. The SMILES string of the molecule is CCCNC(=NC)NCC(C)Oc1ccccc1Br.I. The molecule has 0 aliphatic heterocycles. The monoisotopic (exact) mass is 455 g/mol. The summed E-state index contributed by atoms with van der Waals surface area (Å²) in [6, 6.07) is 7.85. The molecule has 114 valence electrons. The van der Waals surface area contributed by atoms with Crippen LogP contribution in [-0.4, -0.2) is 32.2 Å². The van der Waals surface area contributed by atoms with Crippen LogP contribution >= 0.6 is 39.9 Å². The Morgan fingerprint density at radius 2 is 2.05 bits per heavy atom. The van der Waals surface area contributed by atoms with E-state index >= 15 is 0 Å². The highest BCUT2D eigenvalue weighted by Crippen LogP contribution is 2.24. The minimum atomic E-state index is 0. The maximum absolute atomic E-state index is 5.85. The van der Waals surface area contributed by atoms with Crippen molar-refractivity contribution < 1.29 is 4.74 Å². The first-order valence-corrected chi connectivity index (χ1v) is 7.32. The summed E-state index contributed by atoms with van der Waals surface area (Å²) in [5.74, 6) is 1.66. The molecule has 2 N–H and O–H groups in total. The van der Waals surface area contributed by atoms with E-state index < -0.39 is 0 Å². The van der Waals surface area contributed by atoms with Crippen molar-refractivity contribution >= 4 is 45.9 Å². The molecular weight excluding hydrogens is 433 g/mol. The van der Waals surface area contributed by atoms with Crippen molar-refractivity contribution in [2.45, 2.75) is 26.4 Å². The number of hydrogen-bond donors (Lipinski definition) is 2. The lowest BCUT2D eigenvalue weighted by Gasteiger charge is -2.18. The number of para-hydroxylation sites is 1. The average Bonchev–Trinajstić information content (AvgIpc) is 2.41. The quantitative estimate of drug-likeness (QED) is 0.392. The first-order valence-electron chi connectivity index (χ1n) is 6.53. The molecule has 0 aliphatic carbocycles. The second kappa shape index (κ2) is 11.2. The Labute approximate surface area is 146 Å². The molecule has 0 bridgehead atoms. The molecule has 0 aromatic heterocycles. The number of hydrogen-bond acceptors (Lipinski definition) is 2. The fourth-order valence-corrected chi connectivity index (χ4v) is 1.88. The summed E-state index contributed by atoms with van der Waals surface area (Å²) in [6.45, 7) is 5.77. The lowest BCUT2D eigenvalue weighted by Crippen LogP contribution is -2.42. The first-order chi connectivity index (χ1) is 9.17. The highest BCUT2D eigenvalue weighted by Gasteiger charge is 2.07. The normalized spacial score (nSPS) is 12.3. The van der Waals surface area contributed by atoms with Gasteiger partial charge in [-0.1, -0.05) is 19.1 Å². The Hall–Kier alpha value is -0.500. The molecule has 1 aromatic carbocycles. The number of aliphatic imine (C=N–C) groups is 1. The van der Waals surface area contributed by atoms with Gasteiger partial charge in [0.15, 0.2) is 5.96 Å². The largest absolute Gasteiger partial charge is 0.488 e. The molecule has 0 heterocycles. The third kappa shape index (κ3) is 7.33. The van der Waals surface area contributed by atoms with Gasteiger partial charge in [0.05, 0.1) is 11.0 Å². The predicted molar refractivity (Wildman–Crippen MR) is 99.3 cm³/mol. The third-order valence-electron chi connectivity index (χ3n) is 2.49. The van der Waals surface area contributed by atoms with E-state index in [-0.39, 0.29) is 30.1 Å². The summed E-state index contributed by atoms with van der Waals surface area (Å²) in [5, 5.41) is 6.47. The van der Waals surface area contributed by atoms with Crippen LogP contribution in [0.15, 0.2) is 33.7 Å². The van der Waals surface area contributed by atoms with Crippen LogP contribution in [-0.2, 0) is 0 Å². The van der Waals surface area contributed by atoms with E-state index in [4.69, 9.17) is 4.74 Å². The minimum Gasteiger partial charge on any atom is -0.488 e. The maximum Gasteiger partial charge on any atom is 0.191 e. The molecule has 0 fully saturated rings. The summed E-state index contributed by atoms with van der Waals surface area (Å²) in [7, 11) is 1.77. The molecule has 0 radical (unpaired) electrons. The van der Waals surface area contributed by atoms with Crippen LogP contribution in [0.25, 0.3) is 0 Å². The van der Waals surface area contributed by atoms with E-state index in [1.807, 2.05) is 31.2 Å². The number of nitrogens with one attached hydrogen (secondary N) is 2. The van der Waals surface area contributed by atoms with Gasteiger partial charge in [0.2, 0.25) is 0 Å². The zero-order chi connectivity index (χ0) is 14.1. The van der Waals surface area contributed by atoms with Crippen molar-refractivity contribution in [3.05, 3.63) is 28.7 Å². The fourth-order valence-electron chi connectivity index (χ4n) is 1.50. The molecular formula is C14H23BrIN3O. The van der Waals surface area contributed by atoms with Crippen molar-refractivity contribution in [1.29, 1.82) is 0 Å². The zero-order valence-corrected chi connectivity index (χ0v) is 16.1. The van der Waals surface area contributed by atoms with E-state index in [9.17, 15) is 0 Å². The number of halogens is 2. The number of nitrogens with zero attached hydrogens (tertiary/aromatic N) is 1. The van der Waals surface area contributed by atoms with Crippen molar-refractivity contribution in [3.8, 4) is 5.75 Å². The second-order valence-corrected chi connectivity index (χ2v) is 5.09. The summed E-state index contributed by atoms with van der Waals surface area (Å²) < 4.78 is 6.82. The molecule has 1 atom stereocenters. The van der Waals surface area contributed by atoms with E-state index in [2.05, 4.69) is 38.5 Å². The van der Waals surface area contributed by atoms with Crippen molar-refractivity contribution in [1.82, 2.24) is 10.6 Å². The van der Waals surface area contributed by atoms with Gasteiger partial charge in [0, 0.05) is 13.6 Å². The lowest BCUT2D eigenvalue weighted by molar-refractivity contribution is 0.222. The average molecular weight is 456 g/mol. The molecule has 0 saturated heterocycles. The minimum absolute atomic E-state index is 0. The lowest BCUT2D eigenvalue weighted by atomic mass is 10.3. The molecule has 4 nitrogen and oxygen atoms in total. The van der Waals surface area contributed by atoms with Crippen LogP contribution < -0.4 is 15.4 Å². The number of guanidine groups is 1. The van der Waals surface area contributed by atoms with E-state index in [0.717, 1.165) is 29.1 Å². The molecule has 20 heavy (non-hydrogen) atoms. The van der Waals surface area contributed by atoms with Crippen molar-refractivity contribution in [2.75, 3.05) is 20.1 Å². The van der Waals surface area contributed by atoms with E-state index in [1.54, 1.807) is 7.05 Å². The van der Waals surface area contributed by atoms with Gasteiger partial charge in [-0.3, -0.25) is 4.99 Å². The van der Waals surface area contributed by atoms with Crippen molar-refractivity contribution in [3.63, 3.8) is 0 Å². The summed E-state index contributed by atoms with van der Waals surface area (Å²) >= 11 is 3.47. The van der Waals surface area contributed by atoms with Gasteiger partial charge in [0.25, 0.3) is 0 Å². The predicted octanol–water partition coefficient (Wildman–Crippen LogP) is 3.41. The van der Waals surface area contributed by atoms with Crippen LogP contribution in [0.5, 0.6) is 5.75 Å². The standard InChI is InChI=1S/C14H22BrN3O.HI/c1-4-9-17-14(16-3)18-10-11(2)19-13-8-6-5-7-12(13)15;/h5-8,11H,4,9-10H2,1-3H3,(H2,16,17,18);1H. The number of ether oxygens (including phenoxy) is 1. The smallest absolute Gasteiger partial charge is 0.191 e. The first kappa shape index (κ1) is 19.5. The number of benzene rings is 1. The third-order valence-corrected chi connectivity index (χ3v) is 3.14. The molecule has 0 saturated carbocycles. The summed E-state index contributed by atoms with van der Waals surface area (Å²) in [5.41, 5.74) is 0. The molecule has 1 aromatic rings. The Balaban J connectivity index is 0.00000361. The Kier molecular flexibility index (Phi) is 10.9. The molecule has 0 amide bonds. The van der Waals surface area contributed by atoms with Gasteiger partial charge in [0.1, 0.15) is 11.9 Å². The van der Waals surface area contributed by atoms with Gasteiger partial charge in [-0.25, -0.2) is 0 Å². The second-order valence-electron chi connectivity index (χ2n) is 4.24. The summed E-state index contributed by atoms with van der Waals surface area (Å²) in [6.07, 6.45) is 1.13. The topological polar surface area (TPSA) is 45.7 Å². The van der Waals surface area contributed by atoms with Gasteiger partial charge in [-0.15, -0.1) is 24.0 Å². The Morgan fingerprint density at radius 1 is 1.35 bits per heavy atom. The molecule has 0 spiro atoms. The van der Waals surface area contributed by atoms with Gasteiger partial charge < -0.3 is 15.4 Å². The van der Waals surface area contributed by atoms with E-state index in [0.29, 0.717) is 6.54 Å². The number of rotatable bonds is 6. The van der Waals surface area contributed by atoms with Gasteiger partial charge >= 0.3 is 0 Å².